The number of H-pyrrole nitrogens is 1. The Bertz CT molecular complexity index is 1190. The minimum absolute atomic E-state index is 0.0281. The number of aryl methyl sites for hydroxylation is 1. The lowest BCUT2D eigenvalue weighted by Gasteiger charge is -2.31. The summed E-state index contributed by atoms with van der Waals surface area (Å²) in [6.45, 7) is 4.81. The van der Waals surface area contributed by atoms with E-state index in [-0.39, 0.29) is 16.9 Å². The molecule has 0 aliphatic carbocycles. The molecule has 0 bridgehead atoms. The molecular formula is C19H24FN7O2S. The molecular weight excluding hydrogens is 409 g/mol. The van der Waals surface area contributed by atoms with Gasteiger partial charge >= 0.3 is 0 Å². The third-order valence-electron chi connectivity index (χ3n) is 5.41. The molecule has 2 N–H and O–H groups in total. The van der Waals surface area contributed by atoms with Gasteiger partial charge in [0.2, 0.25) is 16.5 Å². The van der Waals surface area contributed by atoms with Gasteiger partial charge in [-0.25, -0.2) is 9.49 Å². The van der Waals surface area contributed by atoms with Crippen LogP contribution in [0.1, 0.15) is 6.42 Å². The first kappa shape index (κ1) is 20.6. The molecule has 1 fully saturated rings. The minimum Gasteiger partial charge on any atom is -0.355 e. The molecule has 0 radical (unpaired) electrons. The van der Waals surface area contributed by atoms with E-state index in [1.807, 2.05) is 0 Å². The second-order valence-electron chi connectivity index (χ2n) is 7.57. The van der Waals surface area contributed by atoms with Crippen molar-refractivity contribution in [1.29, 1.82) is 0 Å². The minimum atomic E-state index is -0.489. The van der Waals surface area contributed by atoms with Crippen LogP contribution in [0.5, 0.6) is 0 Å². The van der Waals surface area contributed by atoms with E-state index < -0.39 is 5.82 Å². The van der Waals surface area contributed by atoms with Crippen molar-refractivity contribution in [2.75, 3.05) is 46.3 Å². The number of carbonyl (C=O) groups is 1. The monoisotopic (exact) mass is 433 g/mol. The van der Waals surface area contributed by atoms with Crippen molar-refractivity contribution >= 4 is 34.8 Å². The molecule has 3 aromatic rings. The van der Waals surface area contributed by atoms with Crippen LogP contribution in [0.4, 0.5) is 4.39 Å². The highest BCUT2D eigenvalue weighted by Crippen LogP contribution is 2.15. The van der Waals surface area contributed by atoms with Crippen LogP contribution >= 0.6 is 12.2 Å². The summed E-state index contributed by atoms with van der Waals surface area (Å²) >= 11 is 5.28. The number of amides is 1. The molecule has 4 rings (SSSR count). The number of hydrogen-bond acceptors (Lipinski definition) is 6. The van der Waals surface area contributed by atoms with Crippen LogP contribution in [0.3, 0.4) is 0 Å². The fourth-order valence-corrected chi connectivity index (χ4v) is 3.95. The molecule has 11 heteroatoms. The molecule has 0 saturated carbocycles. The zero-order chi connectivity index (χ0) is 21.3. The molecule has 1 aliphatic rings. The third-order valence-corrected chi connectivity index (χ3v) is 5.69. The van der Waals surface area contributed by atoms with E-state index in [4.69, 9.17) is 12.2 Å². The van der Waals surface area contributed by atoms with Gasteiger partial charge in [-0.05, 0) is 43.9 Å². The lowest BCUT2D eigenvalue weighted by atomic mass is 10.2. The van der Waals surface area contributed by atoms with Gasteiger partial charge in [0.1, 0.15) is 5.82 Å². The zero-order valence-corrected chi connectivity index (χ0v) is 17.5. The third kappa shape index (κ3) is 4.13. The number of fused-ring (bicyclic) bond motifs is 3. The van der Waals surface area contributed by atoms with Crippen LogP contribution in [0.25, 0.3) is 16.7 Å². The maximum absolute atomic E-state index is 13.7. The highest BCUT2D eigenvalue weighted by atomic mass is 32.1. The number of likely N-dealkylation sites (N-methyl/N-ethyl adjacent to an activating group) is 1. The van der Waals surface area contributed by atoms with Crippen LogP contribution in [0, 0.1) is 10.6 Å². The predicted octanol–water partition coefficient (Wildman–Crippen LogP) is 0.600. The summed E-state index contributed by atoms with van der Waals surface area (Å²) in [4.78, 5) is 29.5. The molecule has 9 nitrogen and oxygen atoms in total. The lowest BCUT2D eigenvalue weighted by Crippen LogP contribution is -2.48. The first-order valence-corrected chi connectivity index (χ1v) is 10.3. The summed E-state index contributed by atoms with van der Waals surface area (Å²) in [6, 6.07) is 4.02. The quantitative estimate of drug-likeness (QED) is 0.437. The van der Waals surface area contributed by atoms with Gasteiger partial charge in [-0.2, -0.15) is 0 Å². The fourth-order valence-electron chi connectivity index (χ4n) is 3.73. The normalized spacial score (nSPS) is 15.8. The topological polar surface area (TPSA) is 90.7 Å². The predicted molar refractivity (Wildman–Crippen MR) is 114 cm³/mol. The summed E-state index contributed by atoms with van der Waals surface area (Å²) in [6.07, 6.45) is 0.532. The van der Waals surface area contributed by atoms with Crippen LogP contribution in [0.15, 0.2) is 23.0 Å². The Morgan fingerprint density at radius 3 is 2.83 bits per heavy atom. The van der Waals surface area contributed by atoms with Crippen LogP contribution in [0.2, 0.25) is 0 Å². The summed E-state index contributed by atoms with van der Waals surface area (Å²) < 4.78 is 17.1. The average Bonchev–Trinajstić information content (AvgIpc) is 3.10. The number of aromatic nitrogens is 4. The summed E-state index contributed by atoms with van der Waals surface area (Å²) in [5.74, 6) is -0.149. The van der Waals surface area contributed by atoms with Gasteiger partial charge in [-0.15, -0.1) is 5.10 Å². The number of benzene rings is 1. The average molecular weight is 434 g/mol. The maximum Gasteiger partial charge on any atom is 0.262 e. The second-order valence-corrected chi connectivity index (χ2v) is 7.95. The van der Waals surface area contributed by atoms with E-state index in [9.17, 15) is 14.0 Å². The van der Waals surface area contributed by atoms with Gasteiger partial charge in [0.25, 0.3) is 5.56 Å². The van der Waals surface area contributed by atoms with Crippen LogP contribution in [-0.2, 0) is 11.3 Å². The van der Waals surface area contributed by atoms with E-state index in [1.54, 1.807) is 4.40 Å². The van der Waals surface area contributed by atoms with E-state index in [0.29, 0.717) is 42.1 Å². The molecule has 0 unspecified atom stereocenters. The molecule has 3 heterocycles. The van der Waals surface area contributed by atoms with Crippen LogP contribution < -0.4 is 10.9 Å². The van der Waals surface area contributed by atoms with Crippen molar-refractivity contribution in [3.8, 4) is 0 Å². The number of rotatable bonds is 6. The van der Waals surface area contributed by atoms with Crippen molar-refractivity contribution in [2.45, 2.75) is 13.0 Å². The Hall–Kier alpha value is -2.63. The van der Waals surface area contributed by atoms with Crippen molar-refractivity contribution in [2.24, 2.45) is 0 Å². The van der Waals surface area contributed by atoms with Crippen molar-refractivity contribution < 1.29 is 9.18 Å². The molecule has 1 aliphatic heterocycles. The Labute approximate surface area is 177 Å². The van der Waals surface area contributed by atoms with Gasteiger partial charge in [0.15, 0.2) is 0 Å². The lowest BCUT2D eigenvalue weighted by molar-refractivity contribution is -0.122. The molecule has 2 aromatic heterocycles. The Kier molecular flexibility index (Phi) is 5.93. The summed E-state index contributed by atoms with van der Waals surface area (Å²) in [5.41, 5.74) is 0.168. The van der Waals surface area contributed by atoms with Crippen molar-refractivity contribution in [3.05, 3.63) is 39.1 Å². The Balaban J connectivity index is 1.44. The van der Waals surface area contributed by atoms with E-state index in [0.717, 1.165) is 26.2 Å². The number of nitrogens with one attached hydrogen (secondary N) is 2. The van der Waals surface area contributed by atoms with Crippen molar-refractivity contribution in [1.82, 2.24) is 34.3 Å². The molecule has 1 saturated heterocycles. The maximum atomic E-state index is 13.7. The molecule has 0 spiro atoms. The fraction of sp³-hybridized carbons (Fsp3) is 0.474. The molecule has 1 aromatic carbocycles. The number of aromatic amines is 1. The van der Waals surface area contributed by atoms with Crippen molar-refractivity contribution in [3.63, 3.8) is 0 Å². The highest BCUT2D eigenvalue weighted by molar-refractivity contribution is 7.71. The van der Waals surface area contributed by atoms with E-state index in [2.05, 4.69) is 32.4 Å². The Morgan fingerprint density at radius 2 is 2.07 bits per heavy atom. The van der Waals surface area contributed by atoms with Crippen LogP contribution in [-0.4, -0.2) is 81.2 Å². The molecule has 160 valence electrons. The molecule has 0 atom stereocenters. The Morgan fingerprint density at radius 1 is 1.30 bits per heavy atom. The van der Waals surface area contributed by atoms with Gasteiger partial charge in [0.05, 0.1) is 17.4 Å². The number of nitrogens with zero attached hydrogens (tertiary/aromatic N) is 5. The van der Waals surface area contributed by atoms with Gasteiger partial charge in [0, 0.05) is 39.3 Å². The van der Waals surface area contributed by atoms with E-state index in [1.165, 1.54) is 22.8 Å². The zero-order valence-electron chi connectivity index (χ0n) is 16.7. The first-order valence-electron chi connectivity index (χ1n) is 9.91. The number of carbonyl (C=O) groups excluding carboxylic acids is 1. The standard InChI is InChI=1S/C19H24FN7O2S/c1-24-7-9-25(10-8-24)12-16(28)21-5-2-6-26-17(29)14-11-13(20)3-4-15(14)27-18(26)22-23-19(27)30/h3-4,11H,2,5-10,12H2,1H3,(H,21,28)(H,23,30). The second kappa shape index (κ2) is 8.62. The SMILES string of the molecule is CN1CCN(CC(=O)NCCCn2c(=O)c3cc(F)ccc3n3c(=S)[nH]nc23)CC1. The first-order chi connectivity index (χ1) is 14.4. The van der Waals surface area contributed by atoms with Gasteiger partial charge in [-0.3, -0.25) is 23.5 Å². The summed E-state index contributed by atoms with van der Waals surface area (Å²) in [5, 5.41) is 10.00. The molecule has 1 amide bonds. The number of hydrogen-bond donors (Lipinski definition) is 2. The number of halogens is 1. The molecule has 30 heavy (non-hydrogen) atoms. The summed E-state index contributed by atoms with van der Waals surface area (Å²) in [7, 11) is 2.07. The number of piperazine rings is 1. The smallest absolute Gasteiger partial charge is 0.262 e. The van der Waals surface area contributed by atoms with Gasteiger partial charge in [-0.1, -0.05) is 0 Å². The van der Waals surface area contributed by atoms with E-state index >= 15 is 0 Å². The largest absolute Gasteiger partial charge is 0.355 e. The highest BCUT2D eigenvalue weighted by Gasteiger charge is 2.17. The van der Waals surface area contributed by atoms with Gasteiger partial charge < -0.3 is 10.2 Å².